The molecule has 1 aromatic heterocycles. The first-order chi connectivity index (χ1) is 9.22. The molecule has 1 aromatic carbocycles. The van der Waals surface area contributed by atoms with Gasteiger partial charge in [-0.3, -0.25) is 9.78 Å². The van der Waals surface area contributed by atoms with Crippen LogP contribution in [0.3, 0.4) is 0 Å². The van der Waals surface area contributed by atoms with Crippen LogP contribution in [0.5, 0.6) is 5.75 Å². The molecule has 5 heteroatoms. The van der Waals surface area contributed by atoms with Crippen molar-refractivity contribution in [3.63, 3.8) is 0 Å². The number of hydrogen-bond donors (Lipinski definition) is 1. The van der Waals surface area contributed by atoms with E-state index in [1.54, 1.807) is 12.1 Å². The second-order valence-electron chi connectivity index (χ2n) is 3.83. The van der Waals surface area contributed by atoms with E-state index < -0.39 is 5.91 Å². The van der Waals surface area contributed by atoms with Gasteiger partial charge < -0.3 is 10.5 Å². The van der Waals surface area contributed by atoms with Crippen LogP contribution in [0, 0.1) is 0 Å². The number of amides is 1. The van der Waals surface area contributed by atoms with Gasteiger partial charge in [0.1, 0.15) is 12.4 Å². The van der Waals surface area contributed by atoms with Crippen molar-refractivity contribution in [1.82, 2.24) is 4.98 Å². The van der Waals surface area contributed by atoms with Gasteiger partial charge in [0.15, 0.2) is 0 Å². The van der Waals surface area contributed by atoms with E-state index in [0.29, 0.717) is 23.8 Å². The summed E-state index contributed by atoms with van der Waals surface area (Å²) in [6, 6.07) is 10.9. The summed E-state index contributed by atoms with van der Waals surface area (Å²) in [5.41, 5.74) is 7.13. The van der Waals surface area contributed by atoms with Gasteiger partial charge in [-0.1, -0.05) is 12.1 Å². The highest BCUT2D eigenvalue weighted by atomic mass is 35.5. The average molecular weight is 277 g/mol. The first-order valence-electron chi connectivity index (χ1n) is 5.76. The molecule has 19 heavy (non-hydrogen) atoms. The van der Waals surface area contributed by atoms with Gasteiger partial charge in [0.2, 0.25) is 5.91 Å². The monoisotopic (exact) mass is 276 g/mol. The molecule has 0 bridgehead atoms. The highest BCUT2D eigenvalue weighted by molar-refractivity contribution is 6.18. The zero-order chi connectivity index (χ0) is 13.7. The highest BCUT2D eigenvalue weighted by Gasteiger charge is 2.08. The number of rotatable bonds is 5. The van der Waals surface area contributed by atoms with Crippen LogP contribution >= 0.6 is 11.6 Å². The number of ether oxygens (including phenoxy) is 1. The van der Waals surface area contributed by atoms with E-state index in [9.17, 15) is 4.79 Å². The molecule has 1 amide bonds. The lowest BCUT2D eigenvalue weighted by Gasteiger charge is -2.10. The van der Waals surface area contributed by atoms with Crippen molar-refractivity contribution in [2.24, 2.45) is 5.73 Å². The van der Waals surface area contributed by atoms with Crippen LogP contribution in [-0.2, 0) is 0 Å². The van der Waals surface area contributed by atoms with Gasteiger partial charge in [-0.25, -0.2) is 0 Å². The van der Waals surface area contributed by atoms with Crippen LogP contribution in [0.25, 0.3) is 11.3 Å². The minimum atomic E-state index is -0.495. The van der Waals surface area contributed by atoms with Crippen molar-refractivity contribution in [3.8, 4) is 17.0 Å². The van der Waals surface area contributed by atoms with E-state index in [1.165, 1.54) is 6.20 Å². The van der Waals surface area contributed by atoms with E-state index in [0.717, 1.165) is 11.3 Å². The van der Waals surface area contributed by atoms with E-state index in [2.05, 4.69) is 4.98 Å². The number of nitrogens with zero attached hydrogens (tertiary/aromatic N) is 1. The number of para-hydroxylation sites is 1. The summed E-state index contributed by atoms with van der Waals surface area (Å²) in [5.74, 6) is 0.635. The Hall–Kier alpha value is -2.07. The highest BCUT2D eigenvalue weighted by Crippen LogP contribution is 2.28. The first kappa shape index (κ1) is 13.4. The first-order valence-corrected chi connectivity index (χ1v) is 6.30. The van der Waals surface area contributed by atoms with Gasteiger partial charge in [0.25, 0.3) is 0 Å². The quantitative estimate of drug-likeness (QED) is 0.853. The topological polar surface area (TPSA) is 65.2 Å². The average Bonchev–Trinajstić information content (AvgIpc) is 2.45. The molecule has 0 aliphatic rings. The maximum atomic E-state index is 11.0. The van der Waals surface area contributed by atoms with Gasteiger partial charge in [-0.2, -0.15) is 0 Å². The number of aromatic nitrogens is 1. The molecule has 0 fully saturated rings. The Morgan fingerprint density at radius 2 is 2.05 bits per heavy atom. The molecule has 0 atom stereocenters. The Kier molecular flexibility index (Phi) is 4.36. The molecule has 0 aliphatic carbocycles. The van der Waals surface area contributed by atoms with Crippen molar-refractivity contribution in [2.45, 2.75) is 0 Å². The van der Waals surface area contributed by atoms with Gasteiger partial charge in [-0.15, -0.1) is 11.6 Å². The van der Waals surface area contributed by atoms with E-state index in [1.807, 2.05) is 24.3 Å². The fourth-order valence-corrected chi connectivity index (χ4v) is 1.73. The Morgan fingerprint density at radius 1 is 1.26 bits per heavy atom. The summed E-state index contributed by atoms with van der Waals surface area (Å²) < 4.78 is 5.55. The van der Waals surface area contributed by atoms with Crippen LogP contribution in [-0.4, -0.2) is 23.4 Å². The summed E-state index contributed by atoms with van der Waals surface area (Å²) in [7, 11) is 0. The Labute approximate surface area is 116 Å². The molecule has 0 saturated heterocycles. The molecule has 4 nitrogen and oxygen atoms in total. The molecule has 0 unspecified atom stereocenters. The van der Waals surface area contributed by atoms with Gasteiger partial charge in [-0.05, 0) is 24.3 Å². The molecule has 1 heterocycles. The van der Waals surface area contributed by atoms with Gasteiger partial charge >= 0.3 is 0 Å². The van der Waals surface area contributed by atoms with E-state index >= 15 is 0 Å². The molecule has 0 spiro atoms. The van der Waals surface area contributed by atoms with Crippen LogP contribution < -0.4 is 10.5 Å². The molecular formula is C14H13ClN2O2. The van der Waals surface area contributed by atoms with E-state index in [4.69, 9.17) is 22.1 Å². The molecule has 0 radical (unpaired) electrons. The normalized spacial score (nSPS) is 10.2. The Bertz CT molecular complexity index is 570. The smallest absolute Gasteiger partial charge is 0.250 e. The SMILES string of the molecule is NC(=O)c1ccc(-c2ccccc2OCCCl)nc1. The lowest BCUT2D eigenvalue weighted by molar-refractivity contribution is 0.1000. The maximum absolute atomic E-state index is 11.0. The predicted molar refractivity (Wildman–Crippen MR) is 74.4 cm³/mol. The third-order valence-electron chi connectivity index (χ3n) is 2.55. The predicted octanol–water partition coefficient (Wildman–Crippen LogP) is 2.47. The summed E-state index contributed by atoms with van der Waals surface area (Å²) in [4.78, 5) is 15.2. The number of nitrogens with two attached hydrogens (primary N) is 1. The van der Waals surface area contributed by atoms with Crippen molar-refractivity contribution in [3.05, 3.63) is 48.2 Å². The molecule has 98 valence electrons. The van der Waals surface area contributed by atoms with Gasteiger partial charge in [0.05, 0.1) is 17.1 Å². The minimum absolute atomic E-state index is 0.378. The van der Waals surface area contributed by atoms with Crippen molar-refractivity contribution in [1.29, 1.82) is 0 Å². The number of pyridine rings is 1. The second kappa shape index (κ2) is 6.20. The number of hydrogen-bond acceptors (Lipinski definition) is 3. The van der Waals surface area contributed by atoms with Crippen molar-refractivity contribution < 1.29 is 9.53 Å². The summed E-state index contributed by atoms with van der Waals surface area (Å²) in [6.07, 6.45) is 1.45. The number of primary amides is 1. The molecule has 0 saturated carbocycles. The Morgan fingerprint density at radius 3 is 2.68 bits per heavy atom. The van der Waals surface area contributed by atoms with Crippen molar-refractivity contribution in [2.75, 3.05) is 12.5 Å². The zero-order valence-electron chi connectivity index (χ0n) is 10.2. The number of alkyl halides is 1. The Balaban J connectivity index is 2.32. The third-order valence-corrected chi connectivity index (χ3v) is 2.70. The largest absolute Gasteiger partial charge is 0.492 e. The fourth-order valence-electron chi connectivity index (χ4n) is 1.65. The van der Waals surface area contributed by atoms with Gasteiger partial charge in [0, 0.05) is 11.8 Å². The lowest BCUT2D eigenvalue weighted by atomic mass is 10.1. The van der Waals surface area contributed by atoms with E-state index in [-0.39, 0.29) is 0 Å². The number of carbonyl (C=O) groups excluding carboxylic acids is 1. The standard InChI is InChI=1S/C14H13ClN2O2/c15-7-8-19-13-4-2-1-3-11(13)12-6-5-10(9-17-12)14(16)18/h1-6,9H,7-8H2,(H2,16,18). The lowest BCUT2D eigenvalue weighted by Crippen LogP contribution is -2.11. The molecular weight excluding hydrogens is 264 g/mol. The van der Waals surface area contributed by atoms with Crippen LogP contribution in [0.15, 0.2) is 42.6 Å². The third kappa shape index (κ3) is 3.23. The van der Waals surface area contributed by atoms with Crippen LogP contribution in [0.2, 0.25) is 0 Å². The summed E-state index contributed by atoms with van der Waals surface area (Å²) in [6.45, 7) is 0.429. The number of carbonyl (C=O) groups is 1. The zero-order valence-corrected chi connectivity index (χ0v) is 10.9. The van der Waals surface area contributed by atoms with Crippen LogP contribution in [0.1, 0.15) is 10.4 Å². The fraction of sp³-hybridized carbons (Fsp3) is 0.143. The minimum Gasteiger partial charge on any atom is -0.492 e. The molecule has 2 aromatic rings. The maximum Gasteiger partial charge on any atom is 0.250 e. The molecule has 0 aliphatic heterocycles. The van der Waals surface area contributed by atoms with Crippen molar-refractivity contribution >= 4 is 17.5 Å². The summed E-state index contributed by atoms with van der Waals surface area (Å²) in [5, 5.41) is 0. The van der Waals surface area contributed by atoms with Crippen LogP contribution in [0.4, 0.5) is 0 Å². The second-order valence-corrected chi connectivity index (χ2v) is 4.21. The number of halogens is 1. The summed E-state index contributed by atoms with van der Waals surface area (Å²) >= 11 is 5.61. The molecule has 2 N–H and O–H groups in total. The number of benzene rings is 1. The molecule has 2 rings (SSSR count).